The Balaban J connectivity index is 1.20. The lowest BCUT2D eigenvalue weighted by Gasteiger charge is -2.37. The summed E-state index contributed by atoms with van der Waals surface area (Å²) in [6.07, 6.45) is 10.5. The molecule has 1 atom stereocenters. The van der Waals surface area contributed by atoms with Crippen LogP contribution in [0.15, 0.2) is 61.1 Å². The molecule has 1 fully saturated rings. The molecule has 1 N–H and O–H groups in total. The summed E-state index contributed by atoms with van der Waals surface area (Å²) in [4.78, 5) is 11.5. The van der Waals surface area contributed by atoms with Gasteiger partial charge in [-0.15, -0.1) is 0 Å². The smallest absolute Gasteiger partial charge is 0.233 e. The molecule has 28 heavy (non-hydrogen) atoms. The van der Waals surface area contributed by atoms with Crippen LogP contribution in [0.2, 0.25) is 0 Å². The van der Waals surface area contributed by atoms with Crippen LogP contribution in [0.5, 0.6) is 0 Å². The monoisotopic (exact) mass is 373 g/mol. The molecule has 0 radical (unpaired) electrons. The van der Waals surface area contributed by atoms with Gasteiger partial charge in [0, 0.05) is 49.5 Å². The Kier molecular flexibility index (Phi) is 4.93. The maximum Gasteiger partial charge on any atom is 0.233 e. The van der Waals surface area contributed by atoms with Crippen LogP contribution in [0.4, 0.5) is 0 Å². The normalized spacial score (nSPS) is 20.4. The number of benzene rings is 1. The van der Waals surface area contributed by atoms with Crippen molar-refractivity contribution >= 4 is 0 Å². The number of hydrogen-bond acceptors (Lipinski definition) is 4. The number of nitrogens with zero attached hydrogens (tertiary/aromatic N) is 4. The van der Waals surface area contributed by atoms with Gasteiger partial charge in [-0.05, 0) is 61.6 Å². The molecule has 3 heterocycles. The number of hydrogen-bond donors (Lipinski definition) is 1. The Morgan fingerprint density at radius 1 is 0.964 bits per heavy atom. The molecule has 1 saturated heterocycles. The standard InChI is InChI=1S/C23H27N5/c1-2-7-19-15-22(14-18(19)6-1)27-12-3-8-20(17-27)26-16-21-9-4-13-28(21)23-24-10-5-11-25-23/h1-2,4-7,9-11,13,20,22,26H,3,8,12,14-17H2. The molecule has 5 heteroatoms. The predicted molar refractivity (Wildman–Crippen MR) is 110 cm³/mol. The molecule has 2 aliphatic rings. The molecule has 3 aromatic rings. The molecule has 2 aromatic heterocycles. The van der Waals surface area contributed by atoms with Crippen LogP contribution in [0.3, 0.4) is 0 Å². The van der Waals surface area contributed by atoms with E-state index >= 15 is 0 Å². The molecule has 5 rings (SSSR count). The van der Waals surface area contributed by atoms with Gasteiger partial charge in [0.1, 0.15) is 0 Å². The lowest BCUT2D eigenvalue weighted by atomic mass is 10.0. The van der Waals surface area contributed by atoms with Gasteiger partial charge in [-0.3, -0.25) is 9.47 Å². The van der Waals surface area contributed by atoms with Gasteiger partial charge >= 0.3 is 0 Å². The highest BCUT2D eigenvalue weighted by Crippen LogP contribution is 2.27. The average Bonchev–Trinajstić information content (AvgIpc) is 3.40. The molecule has 1 aliphatic heterocycles. The van der Waals surface area contributed by atoms with Crippen molar-refractivity contribution in [3.05, 3.63) is 77.9 Å². The molecule has 1 aliphatic carbocycles. The zero-order valence-corrected chi connectivity index (χ0v) is 16.2. The lowest BCUT2D eigenvalue weighted by Crippen LogP contribution is -2.49. The van der Waals surface area contributed by atoms with E-state index in [1.165, 1.54) is 37.9 Å². The Bertz CT molecular complexity index is 895. The van der Waals surface area contributed by atoms with Gasteiger partial charge in [0.15, 0.2) is 0 Å². The van der Waals surface area contributed by atoms with Crippen molar-refractivity contribution in [1.82, 2.24) is 24.8 Å². The number of aromatic nitrogens is 3. The number of likely N-dealkylation sites (tertiary alicyclic amines) is 1. The van der Waals surface area contributed by atoms with E-state index in [0.717, 1.165) is 19.0 Å². The summed E-state index contributed by atoms with van der Waals surface area (Å²) in [5, 5.41) is 3.79. The Labute approximate surface area is 166 Å². The van der Waals surface area contributed by atoms with Crippen molar-refractivity contribution in [2.45, 2.75) is 44.3 Å². The minimum Gasteiger partial charge on any atom is -0.307 e. The summed E-state index contributed by atoms with van der Waals surface area (Å²) in [5.74, 6) is 0.735. The predicted octanol–water partition coefficient (Wildman–Crippen LogP) is 2.99. The molecule has 0 spiro atoms. The third-order valence-electron chi connectivity index (χ3n) is 6.17. The molecule has 144 valence electrons. The Morgan fingerprint density at radius 3 is 2.54 bits per heavy atom. The highest BCUT2D eigenvalue weighted by atomic mass is 15.2. The molecule has 0 amide bonds. The van der Waals surface area contributed by atoms with Crippen molar-refractivity contribution in [3.63, 3.8) is 0 Å². The summed E-state index contributed by atoms with van der Waals surface area (Å²) in [7, 11) is 0. The van der Waals surface area contributed by atoms with Crippen LogP contribution in [-0.4, -0.2) is 44.6 Å². The van der Waals surface area contributed by atoms with Crippen LogP contribution in [0.1, 0.15) is 29.7 Å². The van der Waals surface area contributed by atoms with Gasteiger partial charge in [-0.2, -0.15) is 0 Å². The van der Waals surface area contributed by atoms with Crippen molar-refractivity contribution < 1.29 is 0 Å². The zero-order chi connectivity index (χ0) is 18.8. The molecule has 1 aromatic carbocycles. The van der Waals surface area contributed by atoms with Gasteiger partial charge in [-0.1, -0.05) is 24.3 Å². The molecular weight excluding hydrogens is 346 g/mol. The van der Waals surface area contributed by atoms with E-state index in [9.17, 15) is 0 Å². The topological polar surface area (TPSA) is 46.0 Å². The Morgan fingerprint density at radius 2 is 1.75 bits per heavy atom. The molecule has 0 bridgehead atoms. The fourth-order valence-corrected chi connectivity index (χ4v) is 4.72. The van der Waals surface area contributed by atoms with E-state index in [4.69, 9.17) is 0 Å². The van der Waals surface area contributed by atoms with E-state index < -0.39 is 0 Å². The van der Waals surface area contributed by atoms with E-state index in [-0.39, 0.29) is 0 Å². The largest absolute Gasteiger partial charge is 0.307 e. The second kappa shape index (κ2) is 7.86. The van der Waals surface area contributed by atoms with E-state index in [0.29, 0.717) is 12.1 Å². The van der Waals surface area contributed by atoms with Gasteiger partial charge in [-0.25, -0.2) is 9.97 Å². The van der Waals surface area contributed by atoms with E-state index in [1.54, 1.807) is 23.5 Å². The van der Waals surface area contributed by atoms with Crippen LogP contribution in [-0.2, 0) is 19.4 Å². The maximum absolute atomic E-state index is 4.38. The van der Waals surface area contributed by atoms with Crippen LogP contribution < -0.4 is 5.32 Å². The second-order valence-electron chi connectivity index (χ2n) is 7.96. The minimum atomic E-state index is 0.539. The van der Waals surface area contributed by atoms with Crippen molar-refractivity contribution in [3.8, 4) is 5.95 Å². The second-order valence-corrected chi connectivity index (χ2v) is 7.96. The van der Waals surface area contributed by atoms with E-state index in [1.807, 2.05) is 12.3 Å². The van der Waals surface area contributed by atoms with Crippen molar-refractivity contribution in [2.24, 2.45) is 0 Å². The zero-order valence-electron chi connectivity index (χ0n) is 16.2. The molecule has 5 nitrogen and oxygen atoms in total. The van der Waals surface area contributed by atoms with Crippen molar-refractivity contribution in [2.75, 3.05) is 13.1 Å². The third kappa shape index (κ3) is 3.60. The summed E-state index contributed by atoms with van der Waals surface area (Å²) in [5.41, 5.74) is 4.29. The highest BCUT2D eigenvalue weighted by molar-refractivity contribution is 5.33. The first-order valence-corrected chi connectivity index (χ1v) is 10.3. The first kappa shape index (κ1) is 17.6. The van der Waals surface area contributed by atoms with Crippen LogP contribution in [0.25, 0.3) is 5.95 Å². The quantitative estimate of drug-likeness (QED) is 0.747. The number of fused-ring (bicyclic) bond motifs is 1. The van der Waals surface area contributed by atoms with Crippen LogP contribution in [0, 0.1) is 0 Å². The third-order valence-corrected chi connectivity index (χ3v) is 6.17. The van der Waals surface area contributed by atoms with E-state index in [2.05, 4.69) is 61.1 Å². The number of piperidine rings is 1. The van der Waals surface area contributed by atoms with Gasteiger partial charge in [0.25, 0.3) is 0 Å². The first-order valence-electron chi connectivity index (χ1n) is 10.3. The molecule has 0 saturated carbocycles. The van der Waals surface area contributed by atoms with Crippen molar-refractivity contribution in [1.29, 1.82) is 0 Å². The fraction of sp³-hybridized carbons (Fsp3) is 0.391. The molecular formula is C23H27N5. The lowest BCUT2D eigenvalue weighted by molar-refractivity contribution is 0.140. The Hall–Kier alpha value is -2.50. The van der Waals surface area contributed by atoms with Gasteiger partial charge < -0.3 is 5.32 Å². The summed E-state index contributed by atoms with van der Waals surface area (Å²) in [6, 6.07) is 16.2. The molecule has 1 unspecified atom stereocenters. The first-order chi connectivity index (χ1) is 13.9. The SMILES string of the molecule is c1cnc(-n2cccc2CNC2CCCN(C3Cc4ccccc4C3)C2)nc1. The summed E-state index contributed by atoms with van der Waals surface area (Å²) < 4.78 is 2.07. The van der Waals surface area contributed by atoms with Gasteiger partial charge in [0.05, 0.1) is 0 Å². The van der Waals surface area contributed by atoms with Gasteiger partial charge in [0.2, 0.25) is 5.95 Å². The summed E-state index contributed by atoms with van der Waals surface area (Å²) in [6.45, 7) is 3.21. The highest BCUT2D eigenvalue weighted by Gasteiger charge is 2.30. The minimum absolute atomic E-state index is 0.539. The maximum atomic E-state index is 4.38. The summed E-state index contributed by atoms with van der Waals surface area (Å²) >= 11 is 0. The fourth-order valence-electron chi connectivity index (χ4n) is 4.72. The average molecular weight is 374 g/mol. The number of nitrogens with one attached hydrogen (secondary N) is 1. The van der Waals surface area contributed by atoms with Crippen LogP contribution >= 0.6 is 0 Å². The number of rotatable bonds is 5.